The quantitative estimate of drug-likeness (QED) is 0.394. The number of rotatable bonds is 0. The van der Waals surface area contributed by atoms with Crippen molar-refractivity contribution in [1.82, 2.24) is 15.0 Å². The number of hydrogen-bond donors (Lipinski definition) is 1. The second-order valence-corrected chi connectivity index (χ2v) is 4.85. The van der Waals surface area contributed by atoms with Gasteiger partial charge in [0.25, 0.3) is 0 Å². The van der Waals surface area contributed by atoms with Crippen molar-refractivity contribution in [2.45, 2.75) is 0 Å². The Labute approximate surface area is 118 Å². The van der Waals surface area contributed by atoms with Crippen LogP contribution < -0.4 is 0 Å². The van der Waals surface area contributed by atoms with E-state index in [1.54, 1.807) is 12.3 Å². The minimum absolute atomic E-state index is 0.0562. The highest BCUT2D eigenvalue weighted by atomic mass is 35.5. The zero-order chi connectivity index (χ0) is 13.7. The van der Waals surface area contributed by atoms with Crippen molar-refractivity contribution in [1.29, 1.82) is 0 Å². The van der Waals surface area contributed by atoms with Gasteiger partial charge >= 0.3 is 0 Å². The molecule has 0 saturated heterocycles. The molecule has 20 heavy (non-hydrogen) atoms. The summed E-state index contributed by atoms with van der Waals surface area (Å²) in [5, 5.41) is 11.1. The fraction of sp³-hybridized carbons (Fsp3) is 0. The van der Waals surface area contributed by atoms with Gasteiger partial charge in [0.2, 0.25) is 0 Å². The molecule has 2 aromatic heterocycles. The first-order valence-corrected chi connectivity index (χ1v) is 6.45. The highest BCUT2D eigenvalue weighted by molar-refractivity contribution is 6.38. The van der Waals surface area contributed by atoms with Crippen LogP contribution in [0, 0.1) is 0 Å². The smallest absolute Gasteiger partial charge is 0.162 e. The SMILES string of the molecule is Oc1c(Cl)c2nc3ccccc3nc2c2cccnc12. The largest absolute Gasteiger partial charge is 0.504 e. The van der Waals surface area contributed by atoms with Crippen molar-refractivity contribution < 1.29 is 5.11 Å². The molecule has 0 spiro atoms. The average molecular weight is 282 g/mol. The van der Waals surface area contributed by atoms with Crippen molar-refractivity contribution in [2.24, 2.45) is 0 Å². The van der Waals surface area contributed by atoms with Crippen LogP contribution in [-0.2, 0) is 0 Å². The van der Waals surface area contributed by atoms with Gasteiger partial charge in [-0.1, -0.05) is 23.7 Å². The Morgan fingerprint density at radius 1 is 0.850 bits per heavy atom. The second-order valence-electron chi connectivity index (χ2n) is 4.47. The minimum atomic E-state index is -0.0562. The van der Waals surface area contributed by atoms with Crippen LogP contribution in [0.25, 0.3) is 33.0 Å². The topological polar surface area (TPSA) is 58.9 Å². The molecule has 4 aromatic rings. The fourth-order valence-corrected chi connectivity index (χ4v) is 2.56. The maximum absolute atomic E-state index is 10.2. The van der Waals surface area contributed by atoms with Gasteiger partial charge in [-0.2, -0.15) is 0 Å². The van der Waals surface area contributed by atoms with Crippen LogP contribution in [0.5, 0.6) is 5.75 Å². The van der Waals surface area contributed by atoms with Crippen LogP contribution in [0.4, 0.5) is 0 Å². The summed E-state index contributed by atoms with van der Waals surface area (Å²) in [4.78, 5) is 13.3. The fourth-order valence-electron chi connectivity index (χ4n) is 2.34. The number of halogens is 1. The Morgan fingerprint density at radius 2 is 1.55 bits per heavy atom. The molecule has 1 N–H and O–H groups in total. The summed E-state index contributed by atoms with van der Waals surface area (Å²) in [7, 11) is 0. The molecule has 0 fully saturated rings. The number of hydrogen-bond acceptors (Lipinski definition) is 4. The van der Waals surface area contributed by atoms with Crippen LogP contribution in [0.2, 0.25) is 5.02 Å². The van der Waals surface area contributed by atoms with Crippen molar-refractivity contribution in [2.75, 3.05) is 0 Å². The van der Waals surface area contributed by atoms with Gasteiger partial charge in [0.15, 0.2) is 5.75 Å². The summed E-state index contributed by atoms with van der Waals surface area (Å²) in [6.07, 6.45) is 1.61. The van der Waals surface area contributed by atoms with Gasteiger partial charge in [-0.15, -0.1) is 0 Å². The lowest BCUT2D eigenvalue weighted by molar-refractivity contribution is 0.481. The molecule has 0 atom stereocenters. The molecule has 0 aliphatic rings. The molecule has 0 aliphatic carbocycles. The van der Waals surface area contributed by atoms with E-state index in [9.17, 15) is 5.11 Å². The standard InChI is InChI=1S/C15H8ClN3O/c16-11-14-12(8-4-3-7-17-13(8)15(11)20)18-9-5-1-2-6-10(9)19-14/h1-7,20H. The van der Waals surface area contributed by atoms with E-state index in [2.05, 4.69) is 15.0 Å². The Morgan fingerprint density at radius 3 is 2.30 bits per heavy atom. The Bertz CT molecular complexity index is 985. The number of benzene rings is 2. The molecular weight excluding hydrogens is 274 g/mol. The minimum Gasteiger partial charge on any atom is -0.504 e. The zero-order valence-electron chi connectivity index (χ0n) is 10.2. The third kappa shape index (κ3) is 1.45. The van der Waals surface area contributed by atoms with Crippen LogP contribution >= 0.6 is 11.6 Å². The van der Waals surface area contributed by atoms with E-state index in [1.165, 1.54) is 0 Å². The van der Waals surface area contributed by atoms with Gasteiger partial charge < -0.3 is 5.11 Å². The first-order chi connectivity index (χ1) is 9.75. The summed E-state index contributed by atoms with van der Waals surface area (Å²) in [5.41, 5.74) is 3.10. The van der Waals surface area contributed by atoms with Gasteiger partial charge in [-0.05, 0) is 24.3 Å². The molecule has 0 radical (unpaired) electrons. The van der Waals surface area contributed by atoms with E-state index >= 15 is 0 Å². The number of phenolic OH excluding ortho intramolecular Hbond substituents is 1. The summed E-state index contributed by atoms with van der Waals surface area (Å²) in [6.45, 7) is 0. The van der Waals surface area contributed by atoms with Crippen LogP contribution in [0.1, 0.15) is 0 Å². The molecule has 2 aromatic carbocycles. The van der Waals surface area contributed by atoms with Gasteiger partial charge in [-0.25, -0.2) is 9.97 Å². The van der Waals surface area contributed by atoms with Crippen LogP contribution in [-0.4, -0.2) is 20.1 Å². The summed E-state index contributed by atoms with van der Waals surface area (Å²) >= 11 is 6.21. The van der Waals surface area contributed by atoms with Crippen molar-refractivity contribution in [3.8, 4) is 5.75 Å². The highest BCUT2D eigenvalue weighted by Crippen LogP contribution is 2.38. The van der Waals surface area contributed by atoms with Crippen molar-refractivity contribution in [3.63, 3.8) is 0 Å². The number of pyridine rings is 1. The lowest BCUT2D eigenvalue weighted by atomic mass is 10.1. The van der Waals surface area contributed by atoms with Gasteiger partial charge in [0, 0.05) is 11.6 Å². The summed E-state index contributed by atoms with van der Waals surface area (Å²) in [5.74, 6) is -0.0562. The van der Waals surface area contributed by atoms with Gasteiger partial charge in [-0.3, -0.25) is 4.98 Å². The molecule has 0 bridgehead atoms. The zero-order valence-corrected chi connectivity index (χ0v) is 11.0. The predicted molar refractivity (Wildman–Crippen MR) is 79.0 cm³/mol. The molecule has 5 heteroatoms. The molecule has 96 valence electrons. The van der Waals surface area contributed by atoms with E-state index in [4.69, 9.17) is 11.6 Å². The average Bonchev–Trinajstić information content (AvgIpc) is 2.51. The van der Waals surface area contributed by atoms with Gasteiger partial charge in [0.1, 0.15) is 21.6 Å². The van der Waals surface area contributed by atoms with Gasteiger partial charge in [0.05, 0.1) is 11.0 Å². The number of phenols is 1. The maximum Gasteiger partial charge on any atom is 0.162 e. The number of para-hydroxylation sites is 2. The molecule has 4 rings (SSSR count). The molecule has 0 aliphatic heterocycles. The van der Waals surface area contributed by atoms with E-state index in [1.807, 2.05) is 30.3 Å². The molecule has 2 heterocycles. The lowest BCUT2D eigenvalue weighted by Crippen LogP contribution is -1.91. The van der Waals surface area contributed by atoms with Crippen LogP contribution in [0.15, 0.2) is 42.6 Å². The summed E-state index contributed by atoms with van der Waals surface area (Å²) < 4.78 is 0. The van der Waals surface area contributed by atoms with Crippen LogP contribution in [0.3, 0.4) is 0 Å². The Hall–Kier alpha value is -2.46. The molecule has 0 amide bonds. The third-order valence-electron chi connectivity index (χ3n) is 3.27. The highest BCUT2D eigenvalue weighted by Gasteiger charge is 2.15. The maximum atomic E-state index is 10.2. The normalized spacial score (nSPS) is 11.4. The molecule has 0 saturated carbocycles. The molecule has 4 nitrogen and oxygen atoms in total. The summed E-state index contributed by atoms with van der Waals surface area (Å²) in [6, 6.07) is 11.2. The van der Waals surface area contributed by atoms with E-state index in [-0.39, 0.29) is 10.8 Å². The molecule has 0 unspecified atom stereocenters. The Balaban J connectivity index is 2.33. The number of aromatic hydroxyl groups is 1. The van der Waals surface area contributed by atoms with E-state index in [0.717, 1.165) is 16.4 Å². The lowest BCUT2D eigenvalue weighted by Gasteiger charge is -2.08. The number of fused-ring (bicyclic) bond motifs is 4. The first kappa shape index (κ1) is 11.4. The van der Waals surface area contributed by atoms with Crippen molar-refractivity contribution in [3.05, 3.63) is 47.6 Å². The molecular formula is C15H8ClN3O. The van der Waals surface area contributed by atoms with E-state index in [0.29, 0.717) is 16.6 Å². The second kappa shape index (κ2) is 4.02. The first-order valence-electron chi connectivity index (χ1n) is 6.07. The number of nitrogens with zero attached hydrogens (tertiary/aromatic N) is 3. The monoisotopic (exact) mass is 281 g/mol. The number of aromatic nitrogens is 3. The van der Waals surface area contributed by atoms with Crippen molar-refractivity contribution >= 4 is 44.6 Å². The predicted octanol–water partition coefficient (Wildman–Crippen LogP) is 3.69. The third-order valence-corrected chi connectivity index (χ3v) is 3.63. The Kier molecular flexibility index (Phi) is 2.28. The van der Waals surface area contributed by atoms with E-state index < -0.39 is 0 Å².